The van der Waals surface area contributed by atoms with E-state index in [1.807, 2.05) is 13.8 Å². The van der Waals surface area contributed by atoms with Crippen LogP contribution in [-0.4, -0.2) is 16.9 Å². The molecule has 0 spiro atoms. The minimum Gasteiger partial charge on any atom is -0.338 e. The number of halogens is 1. The van der Waals surface area contributed by atoms with Gasteiger partial charge in [-0.3, -0.25) is 14.9 Å². The van der Waals surface area contributed by atoms with Crippen LogP contribution in [0.3, 0.4) is 0 Å². The number of hydrogen-bond acceptors (Lipinski definition) is 3. The number of rotatable bonds is 4. The van der Waals surface area contributed by atoms with Gasteiger partial charge < -0.3 is 5.32 Å². The van der Waals surface area contributed by atoms with Crippen LogP contribution in [-0.2, 0) is 0 Å². The van der Waals surface area contributed by atoms with Crippen molar-refractivity contribution in [3.63, 3.8) is 0 Å². The van der Waals surface area contributed by atoms with Crippen LogP contribution >= 0.6 is 11.6 Å². The van der Waals surface area contributed by atoms with Crippen molar-refractivity contribution in [2.45, 2.75) is 19.9 Å². The van der Waals surface area contributed by atoms with Gasteiger partial charge in [0.25, 0.3) is 11.6 Å². The predicted molar refractivity (Wildman–Crippen MR) is 73.0 cm³/mol. The lowest BCUT2D eigenvalue weighted by molar-refractivity contribution is -0.385. The first-order chi connectivity index (χ1) is 8.86. The zero-order chi connectivity index (χ0) is 14.6. The molecule has 1 atom stereocenters. The first kappa shape index (κ1) is 15.0. The number of carbonyl (C=O) groups excluding carboxylic acids is 1. The summed E-state index contributed by atoms with van der Waals surface area (Å²) in [5.74, 6) is 1.85. The molecule has 5 nitrogen and oxygen atoms in total. The van der Waals surface area contributed by atoms with Crippen molar-refractivity contribution in [3.05, 3.63) is 38.9 Å². The van der Waals surface area contributed by atoms with E-state index in [0.717, 1.165) is 0 Å². The molecule has 0 aromatic heterocycles. The summed E-state index contributed by atoms with van der Waals surface area (Å²) in [5, 5.41) is 13.7. The van der Waals surface area contributed by atoms with Crippen molar-refractivity contribution in [2.75, 3.05) is 0 Å². The van der Waals surface area contributed by atoms with Crippen molar-refractivity contribution in [1.82, 2.24) is 5.32 Å². The average molecular weight is 281 g/mol. The van der Waals surface area contributed by atoms with Gasteiger partial charge in [-0.15, -0.1) is 6.42 Å². The average Bonchev–Trinajstić information content (AvgIpc) is 2.34. The second-order valence-corrected chi connectivity index (χ2v) is 4.72. The van der Waals surface area contributed by atoms with E-state index in [2.05, 4.69) is 11.2 Å². The third-order valence-electron chi connectivity index (χ3n) is 2.53. The van der Waals surface area contributed by atoms with Gasteiger partial charge in [0, 0.05) is 11.1 Å². The van der Waals surface area contributed by atoms with Crippen molar-refractivity contribution in [1.29, 1.82) is 0 Å². The van der Waals surface area contributed by atoms with Crippen molar-refractivity contribution < 1.29 is 9.72 Å². The monoisotopic (exact) mass is 280 g/mol. The van der Waals surface area contributed by atoms with E-state index < -0.39 is 16.9 Å². The summed E-state index contributed by atoms with van der Waals surface area (Å²) in [6.07, 6.45) is 5.30. The first-order valence-electron chi connectivity index (χ1n) is 5.57. The molecule has 0 saturated heterocycles. The standard InChI is InChI=1S/C13H13ClN2O3/c1-4-11(8(2)3)15-13(17)10-7-9(14)5-6-12(10)16(18)19/h1,5-8,11H,2-3H3,(H,15,17). The molecule has 0 radical (unpaired) electrons. The summed E-state index contributed by atoms with van der Waals surface area (Å²) < 4.78 is 0. The molecule has 0 bridgehead atoms. The molecule has 1 rings (SSSR count). The number of nitrogens with one attached hydrogen (secondary N) is 1. The largest absolute Gasteiger partial charge is 0.338 e. The Morgan fingerprint density at radius 1 is 1.53 bits per heavy atom. The topological polar surface area (TPSA) is 72.2 Å². The molecule has 1 aromatic carbocycles. The van der Waals surface area contributed by atoms with Gasteiger partial charge in [-0.1, -0.05) is 31.4 Å². The molecule has 100 valence electrons. The van der Waals surface area contributed by atoms with E-state index in [-0.39, 0.29) is 22.2 Å². The number of nitro benzene ring substituents is 1. The number of hydrogen-bond donors (Lipinski definition) is 1. The van der Waals surface area contributed by atoms with Crippen molar-refractivity contribution in [3.8, 4) is 12.3 Å². The molecule has 0 aliphatic rings. The van der Waals surface area contributed by atoms with E-state index >= 15 is 0 Å². The number of carbonyl (C=O) groups is 1. The predicted octanol–water partition coefficient (Wildman–Crippen LogP) is 2.64. The Morgan fingerprint density at radius 2 is 2.16 bits per heavy atom. The number of nitrogens with zero attached hydrogens (tertiary/aromatic N) is 1. The van der Waals surface area contributed by atoms with Crippen molar-refractivity contribution >= 4 is 23.2 Å². The van der Waals surface area contributed by atoms with E-state index in [1.54, 1.807) is 0 Å². The molecule has 1 amide bonds. The quantitative estimate of drug-likeness (QED) is 0.523. The normalized spacial score (nSPS) is 11.7. The summed E-state index contributed by atoms with van der Waals surface area (Å²) in [4.78, 5) is 22.3. The minimum atomic E-state index is -0.633. The van der Waals surface area contributed by atoms with Crippen LogP contribution in [0.25, 0.3) is 0 Å². The van der Waals surface area contributed by atoms with Gasteiger partial charge in [0.1, 0.15) is 5.56 Å². The van der Waals surface area contributed by atoms with Crippen LogP contribution in [0.2, 0.25) is 5.02 Å². The molecule has 19 heavy (non-hydrogen) atoms. The summed E-state index contributed by atoms with van der Waals surface area (Å²) in [6.45, 7) is 3.69. The molecule has 0 heterocycles. The third-order valence-corrected chi connectivity index (χ3v) is 2.77. The Morgan fingerprint density at radius 3 is 2.63 bits per heavy atom. The lowest BCUT2D eigenvalue weighted by Crippen LogP contribution is -2.37. The molecule has 0 fully saturated rings. The highest BCUT2D eigenvalue weighted by molar-refractivity contribution is 6.31. The van der Waals surface area contributed by atoms with Crippen LogP contribution < -0.4 is 5.32 Å². The van der Waals surface area contributed by atoms with E-state index in [1.165, 1.54) is 18.2 Å². The summed E-state index contributed by atoms with van der Waals surface area (Å²) in [6, 6.07) is 3.31. The van der Waals surface area contributed by atoms with Gasteiger partial charge in [-0.2, -0.15) is 0 Å². The number of nitro groups is 1. The van der Waals surface area contributed by atoms with E-state index in [4.69, 9.17) is 18.0 Å². The molecular formula is C13H13ClN2O3. The maximum Gasteiger partial charge on any atom is 0.282 e. The summed E-state index contributed by atoms with van der Waals surface area (Å²) in [7, 11) is 0. The lowest BCUT2D eigenvalue weighted by Gasteiger charge is -2.16. The maximum absolute atomic E-state index is 12.0. The molecule has 1 aromatic rings. The van der Waals surface area contributed by atoms with Gasteiger partial charge >= 0.3 is 0 Å². The fourth-order valence-electron chi connectivity index (χ4n) is 1.47. The smallest absolute Gasteiger partial charge is 0.282 e. The Bertz CT molecular complexity index is 549. The molecule has 1 unspecified atom stereocenters. The molecule has 0 aliphatic carbocycles. The number of amides is 1. The fraction of sp³-hybridized carbons (Fsp3) is 0.308. The first-order valence-corrected chi connectivity index (χ1v) is 5.95. The molecule has 0 aliphatic heterocycles. The van der Waals surface area contributed by atoms with Crippen LogP contribution in [0.4, 0.5) is 5.69 Å². The van der Waals surface area contributed by atoms with Gasteiger partial charge in [-0.05, 0) is 18.1 Å². The zero-order valence-electron chi connectivity index (χ0n) is 10.5. The summed E-state index contributed by atoms with van der Waals surface area (Å²) in [5.41, 5.74) is -0.403. The van der Waals surface area contributed by atoms with Crippen LogP contribution in [0.15, 0.2) is 18.2 Å². The zero-order valence-corrected chi connectivity index (χ0v) is 11.3. The molecule has 6 heteroatoms. The van der Waals surface area contributed by atoms with Gasteiger partial charge in [0.15, 0.2) is 0 Å². The SMILES string of the molecule is C#CC(NC(=O)c1cc(Cl)ccc1[N+](=O)[O-])C(C)C. The van der Waals surface area contributed by atoms with Gasteiger partial charge in [-0.25, -0.2) is 0 Å². The van der Waals surface area contributed by atoms with Crippen molar-refractivity contribution in [2.24, 2.45) is 5.92 Å². The highest BCUT2D eigenvalue weighted by Crippen LogP contribution is 2.22. The second-order valence-electron chi connectivity index (χ2n) is 4.28. The van der Waals surface area contributed by atoms with E-state index in [0.29, 0.717) is 0 Å². The van der Waals surface area contributed by atoms with Crippen LogP contribution in [0, 0.1) is 28.4 Å². The maximum atomic E-state index is 12.0. The summed E-state index contributed by atoms with van der Waals surface area (Å²) >= 11 is 5.76. The Balaban J connectivity index is 3.09. The minimum absolute atomic E-state index is 0.0205. The van der Waals surface area contributed by atoms with E-state index in [9.17, 15) is 14.9 Å². The second kappa shape index (κ2) is 6.21. The molecule has 1 N–H and O–H groups in total. The molecule has 0 saturated carbocycles. The number of terminal acetylenes is 1. The van der Waals surface area contributed by atoms with Gasteiger partial charge in [0.2, 0.25) is 0 Å². The van der Waals surface area contributed by atoms with Crippen LogP contribution in [0.1, 0.15) is 24.2 Å². The highest BCUT2D eigenvalue weighted by atomic mass is 35.5. The highest BCUT2D eigenvalue weighted by Gasteiger charge is 2.23. The Kier molecular flexibility index (Phi) is 4.90. The Hall–Kier alpha value is -2.06. The lowest BCUT2D eigenvalue weighted by atomic mass is 10.0. The third kappa shape index (κ3) is 3.70. The van der Waals surface area contributed by atoms with Crippen LogP contribution in [0.5, 0.6) is 0 Å². The Labute approximate surface area is 116 Å². The van der Waals surface area contributed by atoms with Gasteiger partial charge in [0.05, 0.1) is 11.0 Å². The number of benzene rings is 1. The molecular weight excluding hydrogens is 268 g/mol. The fourth-order valence-corrected chi connectivity index (χ4v) is 1.64.